The highest BCUT2D eigenvalue weighted by molar-refractivity contribution is 9.10. The Hall–Kier alpha value is -2.32. The number of aryl methyl sites for hydroxylation is 1. The lowest BCUT2D eigenvalue weighted by molar-refractivity contribution is 0.102. The minimum Gasteiger partial charge on any atom is -0.397 e. The number of amides is 1. The lowest BCUT2D eigenvalue weighted by Crippen LogP contribution is -2.13. The number of anilines is 2. The lowest BCUT2D eigenvalue weighted by atomic mass is 10.1. The normalized spacial score (nSPS) is 9.85. The van der Waals surface area contributed by atoms with Crippen molar-refractivity contribution in [3.8, 4) is 6.07 Å². The van der Waals surface area contributed by atoms with E-state index in [-0.39, 0.29) is 5.91 Å². The van der Waals surface area contributed by atoms with E-state index in [9.17, 15) is 4.79 Å². The van der Waals surface area contributed by atoms with Gasteiger partial charge < -0.3 is 11.1 Å². The van der Waals surface area contributed by atoms with Crippen LogP contribution in [0, 0.1) is 18.3 Å². The van der Waals surface area contributed by atoms with Gasteiger partial charge in [0.25, 0.3) is 5.91 Å². The van der Waals surface area contributed by atoms with Crippen molar-refractivity contribution in [2.75, 3.05) is 11.1 Å². The first-order valence-electron chi connectivity index (χ1n) is 5.88. The molecule has 3 N–H and O–H groups in total. The summed E-state index contributed by atoms with van der Waals surface area (Å²) in [6.45, 7) is 1.91. The molecule has 0 saturated heterocycles. The Kier molecular flexibility index (Phi) is 4.06. The topological polar surface area (TPSA) is 78.9 Å². The fourth-order valence-electron chi connectivity index (χ4n) is 1.73. The molecule has 20 heavy (non-hydrogen) atoms. The molecular weight excluding hydrogens is 318 g/mol. The number of nitriles is 1. The van der Waals surface area contributed by atoms with E-state index in [4.69, 9.17) is 11.0 Å². The van der Waals surface area contributed by atoms with E-state index in [1.807, 2.05) is 19.1 Å². The maximum absolute atomic E-state index is 12.1. The maximum atomic E-state index is 12.1. The van der Waals surface area contributed by atoms with Gasteiger partial charge in [0, 0.05) is 10.0 Å². The third-order valence-electron chi connectivity index (χ3n) is 2.85. The lowest BCUT2D eigenvalue weighted by Gasteiger charge is -2.09. The molecule has 0 aromatic heterocycles. The van der Waals surface area contributed by atoms with Crippen LogP contribution in [0.4, 0.5) is 11.4 Å². The Balaban J connectivity index is 2.23. The minimum absolute atomic E-state index is 0.239. The molecule has 2 aromatic carbocycles. The van der Waals surface area contributed by atoms with Crippen molar-refractivity contribution in [2.24, 2.45) is 0 Å². The summed E-state index contributed by atoms with van der Waals surface area (Å²) in [6.07, 6.45) is 0. The average Bonchev–Trinajstić information content (AvgIpc) is 2.43. The van der Waals surface area contributed by atoms with E-state index in [1.54, 1.807) is 24.3 Å². The number of nitrogens with one attached hydrogen (secondary N) is 1. The van der Waals surface area contributed by atoms with Crippen molar-refractivity contribution in [3.05, 3.63) is 57.6 Å². The molecule has 100 valence electrons. The van der Waals surface area contributed by atoms with E-state index in [1.165, 1.54) is 6.07 Å². The molecule has 0 aliphatic carbocycles. The number of benzene rings is 2. The standard InChI is InChI=1S/C15H12BrN3O/c1-9-6-11(3-4-12(9)16)15(20)19-14-5-2-10(8-17)7-13(14)18/h2-7H,18H2,1H3,(H,19,20). The number of carbonyl (C=O) groups excluding carboxylic acids is 1. The quantitative estimate of drug-likeness (QED) is 0.828. The Morgan fingerprint density at radius 2 is 2.05 bits per heavy atom. The van der Waals surface area contributed by atoms with E-state index in [2.05, 4.69) is 21.2 Å². The summed E-state index contributed by atoms with van der Waals surface area (Å²) < 4.78 is 0.951. The van der Waals surface area contributed by atoms with Crippen LogP contribution >= 0.6 is 15.9 Å². The predicted molar refractivity (Wildman–Crippen MR) is 82.4 cm³/mol. The number of halogens is 1. The molecule has 5 heteroatoms. The van der Waals surface area contributed by atoms with E-state index < -0.39 is 0 Å². The molecule has 2 aromatic rings. The first-order chi connectivity index (χ1) is 9.51. The SMILES string of the molecule is Cc1cc(C(=O)Nc2ccc(C#N)cc2N)ccc1Br. The molecule has 0 heterocycles. The molecule has 0 radical (unpaired) electrons. The molecule has 0 bridgehead atoms. The van der Waals surface area contributed by atoms with Gasteiger partial charge in [-0.05, 0) is 48.9 Å². The van der Waals surface area contributed by atoms with Gasteiger partial charge in [0.15, 0.2) is 0 Å². The van der Waals surface area contributed by atoms with Crippen molar-refractivity contribution in [1.29, 1.82) is 5.26 Å². The zero-order valence-electron chi connectivity index (χ0n) is 10.8. The molecule has 0 saturated carbocycles. The number of rotatable bonds is 2. The van der Waals surface area contributed by atoms with Gasteiger partial charge in [-0.2, -0.15) is 5.26 Å². The first-order valence-corrected chi connectivity index (χ1v) is 6.67. The number of hydrogen-bond donors (Lipinski definition) is 2. The summed E-state index contributed by atoms with van der Waals surface area (Å²) in [4.78, 5) is 12.1. The number of nitrogen functional groups attached to an aromatic ring is 1. The number of carbonyl (C=O) groups is 1. The Morgan fingerprint density at radius 3 is 2.65 bits per heavy atom. The summed E-state index contributed by atoms with van der Waals surface area (Å²) in [7, 11) is 0. The molecule has 0 aliphatic rings. The molecule has 2 rings (SSSR count). The predicted octanol–water partition coefficient (Wildman–Crippen LogP) is 3.46. The van der Waals surface area contributed by atoms with Crippen LogP contribution < -0.4 is 11.1 Å². The van der Waals surface area contributed by atoms with Crippen LogP contribution in [0.3, 0.4) is 0 Å². The highest BCUT2D eigenvalue weighted by Gasteiger charge is 2.09. The van der Waals surface area contributed by atoms with Crippen LogP contribution in [0.15, 0.2) is 40.9 Å². The largest absolute Gasteiger partial charge is 0.397 e. The average molecular weight is 330 g/mol. The van der Waals surface area contributed by atoms with Crippen LogP contribution in [0.2, 0.25) is 0 Å². The van der Waals surface area contributed by atoms with E-state index in [0.717, 1.165) is 10.0 Å². The molecule has 0 aliphatic heterocycles. The monoisotopic (exact) mass is 329 g/mol. The van der Waals surface area contributed by atoms with Gasteiger partial charge in [-0.25, -0.2) is 0 Å². The Morgan fingerprint density at radius 1 is 1.30 bits per heavy atom. The van der Waals surface area contributed by atoms with E-state index >= 15 is 0 Å². The summed E-state index contributed by atoms with van der Waals surface area (Å²) in [6, 6.07) is 12.1. The fourth-order valence-corrected chi connectivity index (χ4v) is 1.97. The zero-order valence-corrected chi connectivity index (χ0v) is 12.4. The second-order valence-electron chi connectivity index (χ2n) is 4.33. The molecular formula is C15H12BrN3O. The van der Waals surface area contributed by atoms with Gasteiger partial charge >= 0.3 is 0 Å². The van der Waals surface area contributed by atoms with Crippen molar-refractivity contribution in [3.63, 3.8) is 0 Å². The van der Waals surface area contributed by atoms with Gasteiger partial charge in [-0.3, -0.25) is 4.79 Å². The van der Waals surface area contributed by atoms with Crippen LogP contribution in [-0.4, -0.2) is 5.91 Å². The summed E-state index contributed by atoms with van der Waals surface area (Å²) in [5.41, 5.74) is 8.65. The van der Waals surface area contributed by atoms with Gasteiger partial charge in [0.2, 0.25) is 0 Å². The molecule has 0 fully saturated rings. The Bertz CT molecular complexity index is 720. The third kappa shape index (κ3) is 2.98. The van der Waals surface area contributed by atoms with E-state index in [0.29, 0.717) is 22.5 Å². The molecule has 1 amide bonds. The molecule has 0 unspecified atom stereocenters. The fraction of sp³-hybridized carbons (Fsp3) is 0.0667. The van der Waals surface area contributed by atoms with Crippen LogP contribution in [0.5, 0.6) is 0 Å². The highest BCUT2D eigenvalue weighted by atomic mass is 79.9. The molecule has 4 nitrogen and oxygen atoms in total. The van der Waals surface area contributed by atoms with Crippen molar-refractivity contribution in [1.82, 2.24) is 0 Å². The third-order valence-corrected chi connectivity index (χ3v) is 3.74. The van der Waals surface area contributed by atoms with Crippen LogP contribution in [0.1, 0.15) is 21.5 Å². The van der Waals surface area contributed by atoms with Crippen LogP contribution in [0.25, 0.3) is 0 Å². The second kappa shape index (κ2) is 5.76. The van der Waals surface area contributed by atoms with Gasteiger partial charge in [-0.1, -0.05) is 15.9 Å². The van der Waals surface area contributed by atoms with Crippen molar-refractivity contribution in [2.45, 2.75) is 6.92 Å². The van der Waals surface area contributed by atoms with Gasteiger partial charge in [0.05, 0.1) is 23.0 Å². The van der Waals surface area contributed by atoms with Crippen LogP contribution in [-0.2, 0) is 0 Å². The number of nitrogens with two attached hydrogens (primary N) is 1. The first kappa shape index (κ1) is 14.1. The smallest absolute Gasteiger partial charge is 0.255 e. The zero-order chi connectivity index (χ0) is 14.7. The second-order valence-corrected chi connectivity index (χ2v) is 5.19. The maximum Gasteiger partial charge on any atom is 0.255 e. The highest BCUT2D eigenvalue weighted by Crippen LogP contribution is 2.22. The van der Waals surface area contributed by atoms with Crippen molar-refractivity contribution < 1.29 is 4.79 Å². The van der Waals surface area contributed by atoms with Crippen molar-refractivity contribution >= 4 is 33.2 Å². The van der Waals surface area contributed by atoms with Gasteiger partial charge in [0.1, 0.15) is 0 Å². The summed E-state index contributed by atoms with van der Waals surface area (Å²) in [5.74, 6) is -0.239. The Labute approximate surface area is 125 Å². The minimum atomic E-state index is -0.239. The molecule has 0 atom stereocenters. The summed E-state index contributed by atoms with van der Waals surface area (Å²) in [5, 5.41) is 11.5. The van der Waals surface area contributed by atoms with Gasteiger partial charge in [-0.15, -0.1) is 0 Å². The summed E-state index contributed by atoms with van der Waals surface area (Å²) >= 11 is 3.39. The molecule has 0 spiro atoms. The number of hydrogen-bond acceptors (Lipinski definition) is 3. The number of nitrogens with zero attached hydrogens (tertiary/aromatic N) is 1.